The first kappa shape index (κ1) is 9.96. The molecular weight excluding hydrogens is 152 g/mol. The van der Waals surface area contributed by atoms with Gasteiger partial charge >= 0.3 is 0 Å². The van der Waals surface area contributed by atoms with Gasteiger partial charge in [0.25, 0.3) is 0 Å². The van der Waals surface area contributed by atoms with Crippen molar-refractivity contribution >= 4 is 0 Å². The summed E-state index contributed by atoms with van der Waals surface area (Å²) < 4.78 is 5.16. The Morgan fingerprint density at radius 3 is 2.92 bits per heavy atom. The molecule has 0 aromatic carbocycles. The van der Waals surface area contributed by atoms with E-state index in [4.69, 9.17) is 4.74 Å². The van der Waals surface area contributed by atoms with Crippen molar-refractivity contribution in [3.05, 3.63) is 0 Å². The highest BCUT2D eigenvalue weighted by atomic mass is 16.5. The lowest BCUT2D eigenvalue weighted by Gasteiger charge is -2.15. The Morgan fingerprint density at radius 2 is 2.42 bits per heavy atom. The molecule has 0 bridgehead atoms. The van der Waals surface area contributed by atoms with Crippen LogP contribution < -0.4 is 5.32 Å². The van der Waals surface area contributed by atoms with Crippen LogP contribution in [0.1, 0.15) is 13.3 Å². The van der Waals surface area contributed by atoms with Crippen molar-refractivity contribution in [2.75, 3.05) is 33.8 Å². The van der Waals surface area contributed by atoms with Gasteiger partial charge in [-0.05, 0) is 26.9 Å². The topological polar surface area (TPSA) is 24.5 Å². The van der Waals surface area contributed by atoms with Crippen LogP contribution in [0.15, 0.2) is 0 Å². The number of ether oxygens (including phenoxy) is 1. The van der Waals surface area contributed by atoms with Crippen LogP contribution in [0.2, 0.25) is 0 Å². The van der Waals surface area contributed by atoms with Crippen molar-refractivity contribution in [1.82, 2.24) is 10.2 Å². The molecule has 12 heavy (non-hydrogen) atoms. The van der Waals surface area contributed by atoms with E-state index < -0.39 is 0 Å². The molecule has 1 heterocycles. The van der Waals surface area contributed by atoms with Gasteiger partial charge in [0, 0.05) is 26.2 Å². The molecule has 0 amide bonds. The number of nitrogens with one attached hydrogen (secondary N) is 1. The molecular formula is C9H20N2O. The number of likely N-dealkylation sites (tertiary alicyclic amines) is 1. The third kappa shape index (κ3) is 3.09. The minimum atomic E-state index is 0.330. The molecule has 1 aliphatic heterocycles. The first-order valence-corrected chi connectivity index (χ1v) is 4.67. The number of hydrogen-bond acceptors (Lipinski definition) is 3. The van der Waals surface area contributed by atoms with E-state index >= 15 is 0 Å². The minimum absolute atomic E-state index is 0.330. The maximum absolute atomic E-state index is 5.16. The molecule has 0 radical (unpaired) electrons. The number of likely N-dealkylation sites (N-methyl/N-ethyl adjacent to an activating group) is 1. The van der Waals surface area contributed by atoms with E-state index in [1.54, 1.807) is 7.11 Å². The first-order chi connectivity index (χ1) is 5.72. The van der Waals surface area contributed by atoms with Crippen LogP contribution in [0, 0.1) is 0 Å². The predicted molar refractivity (Wildman–Crippen MR) is 50.4 cm³/mol. The second-order valence-electron chi connectivity index (χ2n) is 3.70. The third-order valence-corrected chi connectivity index (χ3v) is 2.49. The Labute approximate surface area is 75.1 Å². The summed E-state index contributed by atoms with van der Waals surface area (Å²) >= 11 is 0. The maximum Gasteiger partial charge on any atom is 0.0667 e. The van der Waals surface area contributed by atoms with Crippen LogP contribution in [0.3, 0.4) is 0 Å². The molecule has 3 heteroatoms. The molecule has 2 unspecified atom stereocenters. The molecule has 72 valence electrons. The van der Waals surface area contributed by atoms with Gasteiger partial charge in [0.05, 0.1) is 6.10 Å². The Kier molecular flexibility index (Phi) is 3.98. The zero-order valence-electron chi connectivity index (χ0n) is 8.34. The Balaban J connectivity index is 2.07. The van der Waals surface area contributed by atoms with Gasteiger partial charge < -0.3 is 15.0 Å². The Hall–Kier alpha value is -0.120. The largest absolute Gasteiger partial charge is 0.380 e. The third-order valence-electron chi connectivity index (χ3n) is 2.49. The fraction of sp³-hybridized carbons (Fsp3) is 1.00. The second kappa shape index (κ2) is 4.80. The molecule has 0 spiro atoms. The lowest BCUT2D eigenvalue weighted by molar-refractivity contribution is 0.114. The van der Waals surface area contributed by atoms with E-state index in [2.05, 4.69) is 24.2 Å². The molecule has 2 atom stereocenters. The highest BCUT2D eigenvalue weighted by Gasteiger charge is 2.18. The minimum Gasteiger partial charge on any atom is -0.380 e. The molecule has 1 saturated heterocycles. The fourth-order valence-corrected chi connectivity index (χ4v) is 1.52. The molecule has 1 rings (SSSR count). The fourth-order valence-electron chi connectivity index (χ4n) is 1.52. The van der Waals surface area contributed by atoms with Crippen molar-refractivity contribution in [3.63, 3.8) is 0 Å². The van der Waals surface area contributed by atoms with Crippen molar-refractivity contribution in [2.45, 2.75) is 25.5 Å². The van der Waals surface area contributed by atoms with Gasteiger partial charge in [0.15, 0.2) is 0 Å². The summed E-state index contributed by atoms with van der Waals surface area (Å²) in [7, 11) is 3.93. The van der Waals surface area contributed by atoms with Crippen LogP contribution in [-0.4, -0.2) is 50.8 Å². The van der Waals surface area contributed by atoms with Crippen molar-refractivity contribution in [3.8, 4) is 0 Å². The van der Waals surface area contributed by atoms with Crippen LogP contribution in [0.5, 0.6) is 0 Å². The summed E-state index contributed by atoms with van der Waals surface area (Å²) in [6.07, 6.45) is 1.60. The average Bonchev–Trinajstić information content (AvgIpc) is 2.47. The van der Waals surface area contributed by atoms with E-state index in [0.29, 0.717) is 12.1 Å². The number of rotatable bonds is 4. The Morgan fingerprint density at radius 1 is 1.67 bits per heavy atom. The highest BCUT2D eigenvalue weighted by Crippen LogP contribution is 2.05. The van der Waals surface area contributed by atoms with E-state index in [-0.39, 0.29) is 0 Å². The molecule has 1 aliphatic rings. The first-order valence-electron chi connectivity index (χ1n) is 4.67. The number of hydrogen-bond donors (Lipinski definition) is 1. The standard InChI is InChI=1S/C9H20N2O/c1-8(12-3)6-10-9-4-5-11(2)7-9/h8-10H,4-7H2,1-3H3. The lowest BCUT2D eigenvalue weighted by Crippen LogP contribution is -2.36. The zero-order chi connectivity index (χ0) is 8.97. The van der Waals surface area contributed by atoms with Gasteiger partial charge in [0.1, 0.15) is 0 Å². The predicted octanol–water partition coefficient (Wildman–Crippen LogP) is 0.315. The molecule has 0 saturated carbocycles. The van der Waals surface area contributed by atoms with Crippen LogP contribution >= 0.6 is 0 Å². The normalized spacial score (nSPS) is 27.8. The van der Waals surface area contributed by atoms with E-state index in [0.717, 1.165) is 6.54 Å². The molecule has 0 aromatic heterocycles. The lowest BCUT2D eigenvalue weighted by atomic mass is 10.2. The monoisotopic (exact) mass is 172 g/mol. The van der Waals surface area contributed by atoms with Crippen molar-refractivity contribution in [2.24, 2.45) is 0 Å². The van der Waals surface area contributed by atoms with Gasteiger partial charge in [-0.3, -0.25) is 0 Å². The van der Waals surface area contributed by atoms with Crippen LogP contribution in [-0.2, 0) is 4.74 Å². The van der Waals surface area contributed by atoms with Gasteiger partial charge in [-0.2, -0.15) is 0 Å². The van der Waals surface area contributed by atoms with Crippen molar-refractivity contribution in [1.29, 1.82) is 0 Å². The summed E-state index contributed by atoms with van der Waals surface area (Å²) in [5, 5.41) is 3.50. The summed E-state index contributed by atoms with van der Waals surface area (Å²) in [5.74, 6) is 0. The van der Waals surface area contributed by atoms with E-state index in [9.17, 15) is 0 Å². The van der Waals surface area contributed by atoms with Gasteiger partial charge in [0.2, 0.25) is 0 Å². The maximum atomic E-state index is 5.16. The zero-order valence-corrected chi connectivity index (χ0v) is 8.34. The summed E-state index contributed by atoms with van der Waals surface area (Å²) in [5.41, 5.74) is 0. The summed E-state index contributed by atoms with van der Waals surface area (Å²) in [6, 6.07) is 0.674. The quantitative estimate of drug-likeness (QED) is 0.661. The Bertz CT molecular complexity index is 130. The van der Waals surface area contributed by atoms with Crippen molar-refractivity contribution < 1.29 is 4.74 Å². The molecule has 3 nitrogen and oxygen atoms in total. The van der Waals surface area contributed by atoms with Gasteiger partial charge in [-0.1, -0.05) is 0 Å². The average molecular weight is 172 g/mol. The van der Waals surface area contributed by atoms with Crippen LogP contribution in [0.25, 0.3) is 0 Å². The number of methoxy groups -OCH3 is 1. The van der Waals surface area contributed by atoms with Gasteiger partial charge in [-0.15, -0.1) is 0 Å². The number of nitrogens with zero attached hydrogens (tertiary/aromatic N) is 1. The SMILES string of the molecule is COC(C)CNC1CCN(C)C1. The molecule has 0 aromatic rings. The smallest absolute Gasteiger partial charge is 0.0667 e. The summed E-state index contributed by atoms with van der Waals surface area (Å²) in [6.45, 7) is 5.45. The highest BCUT2D eigenvalue weighted by molar-refractivity contribution is 4.79. The summed E-state index contributed by atoms with van der Waals surface area (Å²) in [4.78, 5) is 2.36. The molecule has 0 aliphatic carbocycles. The van der Waals surface area contributed by atoms with Crippen LogP contribution in [0.4, 0.5) is 0 Å². The van der Waals surface area contributed by atoms with Gasteiger partial charge in [-0.25, -0.2) is 0 Å². The van der Waals surface area contributed by atoms with E-state index in [1.807, 2.05) is 0 Å². The molecule has 1 fully saturated rings. The van der Waals surface area contributed by atoms with E-state index in [1.165, 1.54) is 19.5 Å². The molecule has 1 N–H and O–H groups in total. The second-order valence-corrected chi connectivity index (χ2v) is 3.70.